The largest absolute Gasteiger partial charge is 0.312 e. The van der Waals surface area contributed by atoms with Gasteiger partial charge in [0, 0.05) is 21.9 Å². The maximum Gasteiger partial charge on any atom is 0.0351 e. The number of rotatable bonds is 6. The molecule has 98 valence electrons. The topological polar surface area (TPSA) is 12.0 Å². The molecule has 0 amide bonds. The van der Waals surface area contributed by atoms with Crippen LogP contribution in [0.15, 0.2) is 29.0 Å². The van der Waals surface area contributed by atoms with E-state index in [4.69, 9.17) is 0 Å². The average molecular weight is 279 g/mol. The molecule has 3 heteroatoms. The van der Waals surface area contributed by atoms with Crippen LogP contribution in [0.5, 0.6) is 0 Å². The first-order valence-electron chi connectivity index (χ1n) is 6.49. The summed E-state index contributed by atoms with van der Waals surface area (Å²) in [6.45, 7) is 8.97. The molecule has 2 heterocycles. The molecule has 2 aromatic rings. The second-order valence-electron chi connectivity index (χ2n) is 5.13. The Morgan fingerprint density at radius 2 is 2.06 bits per heavy atom. The number of hydrogen-bond donors (Lipinski definition) is 1. The van der Waals surface area contributed by atoms with E-state index in [0.29, 0.717) is 0 Å². The van der Waals surface area contributed by atoms with Gasteiger partial charge in [-0.05, 0) is 41.3 Å². The Morgan fingerprint density at radius 1 is 1.22 bits per heavy atom. The van der Waals surface area contributed by atoms with Crippen molar-refractivity contribution in [2.45, 2.75) is 27.3 Å². The van der Waals surface area contributed by atoms with Crippen LogP contribution in [0.2, 0.25) is 0 Å². The van der Waals surface area contributed by atoms with E-state index in [9.17, 15) is 0 Å². The summed E-state index contributed by atoms with van der Waals surface area (Å²) in [7, 11) is 0. The van der Waals surface area contributed by atoms with Gasteiger partial charge in [-0.1, -0.05) is 26.8 Å². The fraction of sp³-hybridized carbons (Fsp3) is 0.467. The molecule has 1 N–H and O–H groups in total. The Kier molecular flexibility index (Phi) is 4.98. The van der Waals surface area contributed by atoms with Crippen molar-refractivity contribution < 1.29 is 0 Å². The van der Waals surface area contributed by atoms with Crippen molar-refractivity contribution in [3.05, 3.63) is 33.8 Å². The zero-order chi connectivity index (χ0) is 13.0. The summed E-state index contributed by atoms with van der Waals surface area (Å²) in [5.41, 5.74) is 1.36. The third-order valence-corrected chi connectivity index (χ3v) is 5.22. The van der Waals surface area contributed by atoms with E-state index < -0.39 is 0 Å². The van der Waals surface area contributed by atoms with E-state index in [-0.39, 0.29) is 0 Å². The third-order valence-electron chi connectivity index (χ3n) is 3.36. The molecule has 0 aliphatic heterocycles. The summed E-state index contributed by atoms with van der Waals surface area (Å²) in [6.07, 6.45) is 0. The molecular weight excluding hydrogens is 258 g/mol. The molecule has 0 radical (unpaired) electrons. The average Bonchev–Trinajstić information content (AvgIpc) is 2.98. The number of thiophene rings is 2. The van der Waals surface area contributed by atoms with Gasteiger partial charge in [-0.25, -0.2) is 0 Å². The van der Waals surface area contributed by atoms with Crippen LogP contribution in [0.1, 0.15) is 25.6 Å². The molecule has 2 rings (SSSR count). The minimum absolute atomic E-state index is 0.738. The molecule has 18 heavy (non-hydrogen) atoms. The van der Waals surface area contributed by atoms with E-state index >= 15 is 0 Å². The first-order valence-corrected chi connectivity index (χ1v) is 8.24. The fourth-order valence-corrected chi connectivity index (χ4v) is 3.35. The molecule has 2 aromatic heterocycles. The van der Waals surface area contributed by atoms with Gasteiger partial charge in [0.1, 0.15) is 0 Å². The predicted octanol–water partition coefficient (Wildman–Crippen LogP) is 4.86. The second-order valence-corrected chi connectivity index (χ2v) is 7.07. The molecule has 0 aromatic carbocycles. The van der Waals surface area contributed by atoms with Gasteiger partial charge < -0.3 is 5.32 Å². The van der Waals surface area contributed by atoms with Crippen molar-refractivity contribution in [1.29, 1.82) is 0 Å². The van der Waals surface area contributed by atoms with Gasteiger partial charge in [0.05, 0.1) is 0 Å². The maximum absolute atomic E-state index is 3.56. The van der Waals surface area contributed by atoms with E-state index in [1.165, 1.54) is 15.3 Å². The lowest BCUT2D eigenvalue weighted by Gasteiger charge is -2.15. The summed E-state index contributed by atoms with van der Waals surface area (Å²) in [6, 6.07) is 6.61. The van der Waals surface area contributed by atoms with Crippen molar-refractivity contribution in [2.24, 2.45) is 11.8 Å². The van der Waals surface area contributed by atoms with Gasteiger partial charge in [0.15, 0.2) is 0 Å². The third kappa shape index (κ3) is 3.67. The predicted molar refractivity (Wildman–Crippen MR) is 83.3 cm³/mol. The lowest BCUT2D eigenvalue weighted by Crippen LogP contribution is -2.23. The Balaban J connectivity index is 1.84. The first kappa shape index (κ1) is 13.8. The summed E-state index contributed by atoms with van der Waals surface area (Å²) >= 11 is 3.66. The van der Waals surface area contributed by atoms with Gasteiger partial charge in [0.2, 0.25) is 0 Å². The molecule has 1 nitrogen and oxygen atoms in total. The summed E-state index contributed by atoms with van der Waals surface area (Å²) in [4.78, 5) is 2.79. The quantitative estimate of drug-likeness (QED) is 0.796. The highest BCUT2D eigenvalue weighted by atomic mass is 32.1. The lowest BCUT2D eigenvalue weighted by atomic mass is 9.98. The lowest BCUT2D eigenvalue weighted by molar-refractivity contribution is 0.393. The van der Waals surface area contributed by atoms with E-state index in [0.717, 1.165) is 24.9 Å². The first-order chi connectivity index (χ1) is 8.66. The monoisotopic (exact) mass is 279 g/mol. The van der Waals surface area contributed by atoms with Gasteiger partial charge in [-0.15, -0.1) is 22.7 Å². The van der Waals surface area contributed by atoms with Crippen LogP contribution in [0, 0.1) is 11.8 Å². The molecule has 0 saturated carbocycles. The van der Waals surface area contributed by atoms with E-state index in [1.807, 2.05) is 22.7 Å². The van der Waals surface area contributed by atoms with E-state index in [1.54, 1.807) is 0 Å². The maximum atomic E-state index is 3.56. The molecular formula is C15H21NS2. The van der Waals surface area contributed by atoms with Crippen molar-refractivity contribution in [3.63, 3.8) is 0 Å². The van der Waals surface area contributed by atoms with Crippen LogP contribution >= 0.6 is 22.7 Å². The molecule has 1 atom stereocenters. The van der Waals surface area contributed by atoms with Crippen LogP contribution in [0.4, 0.5) is 0 Å². The molecule has 0 spiro atoms. The van der Waals surface area contributed by atoms with E-state index in [2.05, 4.69) is 55.0 Å². The molecule has 0 saturated heterocycles. The normalized spacial score (nSPS) is 13.1. The van der Waals surface area contributed by atoms with Crippen molar-refractivity contribution >= 4 is 22.7 Å². The van der Waals surface area contributed by atoms with Crippen molar-refractivity contribution in [1.82, 2.24) is 5.32 Å². The number of nitrogens with one attached hydrogen (secondary N) is 1. The Morgan fingerprint density at radius 3 is 2.72 bits per heavy atom. The molecule has 0 aliphatic carbocycles. The minimum atomic E-state index is 0.738. The zero-order valence-electron chi connectivity index (χ0n) is 11.3. The molecule has 0 aliphatic rings. The van der Waals surface area contributed by atoms with Gasteiger partial charge in [-0.3, -0.25) is 0 Å². The standard InChI is InChI=1S/C15H21NS2/c1-11(2)12(3)8-16-9-14-7-13(10-18-14)15-5-4-6-17-15/h4-7,10-12,16H,8-9H2,1-3H3. The highest BCUT2D eigenvalue weighted by Gasteiger charge is 2.07. The SMILES string of the molecule is CC(C)C(C)CNCc1cc(-c2cccs2)cs1. The van der Waals surface area contributed by atoms with Gasteiger partial charge >= 0.3 is 0 Å². The summed E-state index contributed by atoms with van der Waals surface area (Å²) < 4.78 is 0. The molecule has 1 unspecified atom stereocenters. The molecule has 0 bridgehead atoms. The van der Waals surface area contributed by atoms with Crippen molar-refractivity contribution in [2.75, 3.05) is 6.54 Å². The van der Waals surface area contributed by atoms with Gasteiger partial charge in [0.25, 0.3) is 0 Å². The van der Waals surface area contributed by atoms with Crippen LogP contribution in [0.25, 0.3) is 10.4 Å². The van der Waals surface area contributed by atoms with Crippen LogP contribution < -0.4 is 5.32 Å². The van der Waals surface area contributed by atoms with Gasteiger partial charge in [-0.2, -0.15) is 0 Å². The van der Waals surface area contributed by atoms with Crippen LogP contribution in [-0.2, 0) is 6.54 Å². The highest BCUT2D eigenvalue weighted by Crippen LogP contribution is 2.29. The Hall–Kier alpha value is -0.640. The number of hydrogen-bond acceptors (Lipinski definition) is 3. The summed E-state index contributed by atoms with van der Waals surface area (Å²) in [5, 5.41) is 7.95. The Bertz CT molecular complexity index is 457. The van der Waals surface area contributed by atoms with Crippen LogP contribution in [0.3, 0.4) is 0 Å². The molecule has 0 fully saturated rings. The summed E-state index contributed by atoms with van der Waals surface area (Å²) in [5.74, 6) is 1.49. The Labute approximate surface area is 118 Å². The van der Waals surface area contributed by atoms with Crippen LogP contribution in [-0.4, -0.2) is 6.54 Å². The fourth-order valence-electron chi connectivity index (χ4n) is 1.70. The second kappa shape index (κ2) is 6.50. The highest BCUT2D eigenvalue weighted by molar-refractivity contribution is 7.14. The zero-order valence-corrected chi connectivity index (χ0v) is 12.9. The smallest absolute Gasteiger partial charge is 0.0351 e. The van der Waals surface area contributed by atoms with Crippen molar-refractivity contribution in [3.8, 4) is 10.4 Å². The minimum Gasteiger partial charge on any atom is -0.312 e.